The Morgan fingerprint density at radius 2 is 1.94 bits per heavy atom. The van der Waals surface area contributed by atoms with Gasteiger partial charge in [-0.05, 0) is 25.0 Å². The fraction of sp³-hybridized carbons (Fsp3) is 0.500. The molecule has 0 saturated heterocycles. The van der Waals surface area contributed by atoms with Crippen molar-refractivity contribution in [3.05, 3.63) is 29.3 Å². The van der Waals surface area contributed by atoms with Crippen molar-refractivity contribution >= 4 is 33.2 Å². The minimum absolute atomic E-state index is 0.379. The maximum atomic E-state index is 10.7. The summed E-state index contributed by atoms with van der Waals surface area (Å²) < 4.78 is 1.14. The first-order valence-electron chi connectivity index (χ1n) is 6.41. The molecule has 1 unspecified atom stereocenters. The van der Waals surface area contributed by atoms with Crippen LogP contribution in [0, 0.1) is 0 Å². The molecule has 18 heavy (non-hydrogen) atoms. The number of hydrogen-bond donors (Lipinski definition) is 1. The van der Waals surface area contributed by atoms with Crippen LogP contribution < -0.4 is 0 Å². The van der Waals surface area contributed by atoms with Crippen LogP contribution in [0.25, 0.3) is 10.2 Å². The van der Waals surface area contributed by atoms with E-state index in [0.717, 1.165) is 40.9 Å². The predicted octanol–water partition coefficient (Wildman–Crippen LogP) is 4.27. The van der Waals surface area contributed by atoms with E-state index in [0.29, 0.717) is 0 Å². The van der Waals surface area contributed by atoms with Gasteiger partial charge in [0.2, 0.25) is 0 Å². The van der Waals surface area contributed by atoms with Crippen LogP contribution in [0.5, 0.6) is 0 Å². The third kappa shape index (κ3) is 2.15. The number of nitrogens with zero attached hydrogens (tertiary/aromatic N) is 1. The summed E-state index contributed by atoms with van der Waals surface area (Å²) in [5, 5.41) is 11.1. The molecule has 1 fully saturated rings. The highest BCUT2D eigenvalue weighted by Crippen LogP contribution is 2.44. The largest absolute Gasteiger partial charge is 0.388 e. The van der Waals surface area contributed by atoms with E-state index < -0.39 is 5.60 Å². The molecule has 0 amide bonds. The number of fused-ring (bicyclic) bond motifs is 1. The molecule has 0 aliphatic heterocycles. The fourth-order valence-corrected chi connectivity index (χ4v) is 4.10. The van der Waals surface area contributed by atoms with Crippen LogP contribution >= 0.6 is 22.9 Å². The monoisotopic (exact) mass is 281 g/mol. The summed E-state index contributed by atoms with van der Waals surface area (Å²) in [6.45, 7) is 0. The number of alkyl halides is 1. The Kier molecular flexibility index (Phi) is 3.31. The smallest absolute Gasteiger partial charge is 0.115 e. The van der Waals surface area contributed by atoms with E-state index in [1.54, 1.807) is 11.3 Å². The molecule has 0 radical (unpaired) electrons. The highest BCUT2D eigenvalue weighted by atomic mass is 35.5. The van der Waals surface area contributed by atoms with Crippen molar-refractivity contribution in [1.82, 2.24) is 4.98 Å². The first kappa shape index (κ1) is 12.4. The summed E-state index contributed by atoms with van der Waals surface area (Å²) in [6.07, 6.45) is 4.90. The molecule has 1 aromatic carbocycles. The molecule has 0 spiro atoms. The number of aromatic nitrogens is 1. The second kappa shape index (κ2) is 4.80. The summed E-state index contributed by atoms with van der Waals surface area (Å²) in [4.78, 5) is 4.56. The van der Waals surface area contributed by atoms with E-state index >= 15 is 0 Å². The first-order valence-corrected chi connectivity index (χ1v) is 7.66. The van der Waals surface area contributed by atoms with Gasteiger partial charge in [-0.1, -0.05) is 31.4 Å². The molecule has 4 heteroatoms. The number of rotatable bonds is 2. The van der Waals surface area contributed by atoms with Crippen molar-refractivity contribution in [3.63, 3.8) is 0 Å². The van der Waals surface area contributed by atoms with Gasteiger partial charge < -0.3 is 5.11 Å². The van der Waals surface area contributed by atoms with Gasteiger partial charge in [0.05, 0.1) is 15.8 Å². The number of hydrogen-bond acceptors (Lipinski definition) is 3. The van der Waals surface area contributed by atoms with Crippen LogP contribution in [-0.2, 0) is 0 Å². The molecule has 96 valence electrons. The Hall–Kier alpha value is -0.640. The van der Waals surface area contributed by atoms with Gasteiger partial charge in [0.25, 0.3) is 0 Å². The van der Waals surface area contributed by atoms with E-state index in [-0.39, 0.29) is 5.38 Å². The fourth-order valence-electron chi connectivity index (χ4n) is 2.65. The molecule has 3 rings (SSSR count). The normalized spacial score (nSPS) is 21.0. The maximum Gasteiger partial charge on any atom is 0.115 e. The Labute approximate surface area is 116 Å². The third-order valence-electron chi connectivity index (χ3n) is 3.72. The lowest BCUT2D eigenvalue weighted by Gasteiger charge is -2.35. The molecule has 2 aromatic rings. The Bertz CT molecular complexity index is 514. The minimum atomic E-state index is -0.770. The summed E-state index contributed by atoms with van der Waals surface area (Å²) >= 11 is 8.09. The zero-order chi connectivity index (χ0) is 12.6. The van der Waals surface area contributed by atoms with Gasteiger partial charge in [-0.3, -0.25) is 0 Å². The third-order valence-corrected chi connectivity index (χ3v) is 5.56. The van der Waals surface area contributed by atoms with Crippen LogP contribution in [-0.4, -0.2) is 15.7 Å². The van der Waals surface area contributed by atoms with Crippen LogP contribution in [0.15, 0.2) is 24.3 Å². The Morgan fingerprint density at radius 1 is 1.22 bits per heavy atom. The van der Waals surface area contributed by atoms with Crippen molar-refractivity contribution < 1.29 is 5.11 Å². The van der Waals surface area contributed by atoms with Crippen molar-refractivity contribution in [2.75, 3.05) is 0 Å². The number of aliphatic hydroxyl groups is 1. The van der Waals surface area contributed by atoms with Crippen molar-refractivity contribution in [3.8, 4) is 0 Å². The van der Waals surface area contributed by atoms with E-state index in [9.17, 15) is 5.11 Å². The summed E-state index contributed by atoms with van der Waals surface area (Å²) in [7, 11) is 0. The molecule has 2 nitrogen and oxygen atoms in total. The van der Waals surface area contributed by atoms with E-state index in [1.807, 2.05) is 24.3 Å². The van der Waals surface area contributed by atoms with Gasteiger partial charge in [-0.2, -0.15) is 0 Å². The molecule has 1 aliphatic rings. The first-order chi connectivity index (χ1) is 8.69. The van der Waals surface area contributed by atoms with Crippen LogP contribution in [0.4, 0.5) is 0 Å². The zero-order valence-electron chi connectivity index (χ0n) is 10.1. The van der Waals surface area contributed by atoms with Gasteiger partial charge in [0, 0.05) is 0 Å². The highest BCUT2D eigenvalue weighted by molar-refractivity contribution is 7.18. The summed E-state index contributed by atoms with van der Waals surface area (Å²) in [5.41, 5.74) is 0.204. The molecule has 1 atom stereocenters. The lowest BCUT2D eigenvalue weighted by Crippen LogP contribution is -2.35. The molecule has 0 bridgehead atoms. The summed E-state index contributed by atoms with van der Waals surface area (Å²) in [5.74, 6) is 0. The maximum absolute atomic E-state index is 10.7. The average Bonchev–Trinajstić information content (AvgIpc) is 2.82. The van der Waals surface area contributed by atoms with Crippen molar-refractivity contribution in [2.45, 2.75) is 43.1 Å². The van der Waals surface area contributed by atoms with Crippen molar-refractivity contribution in [2.24, 2.45) is 0 Å². The predicted molar refractivity (Wildman–Crippen MR) is 76.2 cm³/mol. The second-order valence-electron chi connectivity index (χ2n) is 5.05. The van der Waals surface area contributed by atoms with E-state index in [4.69, 9.17) is 11.6 Å². The zero-order valence-corrected chi connectivity index (χ0v) is 11.7. The molecular weight excluding hydrogens is 266 g/mol. The molecular formula is C14H16ClNOS. The van der Waals surface area contributed by atoms with Crippen LogP contribution in [0.3, 0.4) is 0 Å². The Morgan fingerprint density at radius 3 is 2.67 bits per heavy atom. The average molecular weight is 282 g/mol. The summed E-state index contributed by atoms with van der Waals surface area (Å²) in [6, 6.07) is 8.02. The molecule has 1 heterocycles. The van der Waals surface area contributed by atoms with E-state index in [1.165, 1.54) is 6.42 Å². The molecule has 1 N–H and O–H groups in total. The van der Waals surface area contributed by atoms with Gasteiger partial charge in [-0.15, -0.1) is 22.9 Å². The quantitative estimate of drug-likeness (QED) is 0.834. The lowest BCUT2D eigenvalue weighted by atomic mass is 9.82. The SMILES string of the molecule is OC1(C(Cl)c2nc3ccccc3s2)CCCCC1. The van der Waals surface area contributed by atoms with Gasteiger partial charge in [-0.25, -0.2) is 4.98 Å². The topological polar surface area (TPSA) is 33.1 Å². The molecule has 1 aliphatic carbocycles. The van der Waals surface area contributed by atoms with Crippen molar-refractivity contribution in [1.29, 1.82) is 0 Å². The van der Waals surface area contributed by atoms with Gasteiger partial charge in [0.15, 0.2) is 0 Å². The number of benzene rings is 1. The van der Waals surface area contributed by atoms with E-state index in [2.05, 4.69) is 4.98 Å². The minimum Gasteiger partial charge on any atom is -0.388 e. The highest BCUT2D eigenvalue weighted by Gasteiger charge is 2.39. The number of thiazole rings is 1. The molecule has 1 saturated carbocycles. The number of halogens is 1. The van der Waals surface area contributed by atoms with Crippen LogP contribution in [0.2, 0.25) is 0 Å². The number of para-hydroxylation sites is 1. The Balaban J connectivity index is 1.93. The van der Waals surface area contributed by atoms with Gasteiger partial charge in [0.1, 0.15) is 10.4 Å². The second-order valence-corrected chi connectivity index (χ2v) is 6.55. The van der Waals surface area contributed by atoms with Gasteiger partial charge >= 0.3 is 0 Å². The molecule has 1 aromatic heterocycles. The lowest BCUT2D eigenvalue weighted by molar-refractivity contribution is -0.000371. The standard InChI is InChI=1S/C14H16ClNOS/c15-12(14(17)8-4-1-5-9-14)13-16-10-6-2-3-7-11(10)18-13/h2-3,6-7,12,17H,1,4-5,8-9H2. The van der Waals surface area contributed by atoms with Crippen LogP contribution in [0.1, 0.15) is 42.5 Å².